The number of hydrogen-bond donors (Lipinski definition) is 0. The van der Waals surface area contributed by atoms with Gasteiger partial charge >= 0.3 is 0 Å². The van der Waals surface area contributed by atoms with Crippen molar-refractivity contribution in [2.24, 2.45) is 0 Å². The zero-order chi connectivity index (χ0) is 15.2. The summed E-state index contributed by atoms with van der Waals surface area (Å²) >= 11 is 0. The van der Waals surface area contributed by atoms with Crippen molar-refractivity contribution in [2.75, 3.05) is 0 Å². The van der Waals surface area contributed by atoms with Crippen LogP contribution in [-0.2, 0) is 6.54 Å². The third-order valence-corrected chi connectivity index (χ3v) is 3.09. The molecular weight excluding hydrogens is 264 g/mol. The lowest BCUT2D eigenvalue weighted by molar-refractivity contribution is 0.0823. The molecule has 4 heteroatoms. The van der Waals surface area contributed by atoms with Gasteiger partial charge in [0.15, 0.2) is 12.0 Å². The van der Waals surface area contributed by atoms with E-state index in [0.29, 0.717) is 11.1 Å². The average Bonchev–Trinajstić information content (AvgIpc) is 2.53. The maximum Gasteiger partial charge on any atom is 0.267 e. The standard InChI is InChI=1S/C17H14N2O2/c1-13(20)15-7-9-16(10-8-15)17(21)19(12-18)11-14-5-3-2-4-6-14/h2-10H,11H2,1H3. The fourth-order valence-electron chi connectivity index (χ4n) is 1.92. The van der Waals surface area contributed by atoms with Crippen LogP contribution >= 0.6 is 0 Å². The Morgan fingerprint density at radius 3 is 2.10 bits per heavy atom. The molecule has 0 saturated carbocycles. The Morgan fingerprint density at radius 1 is 1.00 bits per heavy atom. The van der Waals surface area contributed by atoms with Crippen LogP contribution < -0.4 is 0 Å². The second-order valence-electron chi connectivity index (χ2n) is 4.61. The Morgan fingerprint density at radius 2 is 1.57 bits per heavy atom. The van der Waals surface area contributed by atoms with Gasteiger partial charge in [0, 0.05) is 11.1 Å². The molecule has 0 saturated heterocycles. The summed E-state index contributed by atoms with van der Waals surface area (Å²) in [6.07, 6.45) is 1.90. The van der Waals surface area contributed by atoms with Gasteiger partial charge < -0.3 is 0 Å². The molecule has 2 rings (SSSR count). The van der Waals surface area contributed by atoms with Gasteiger partial charge in [-0.3, -0.25) is 9.59 Å². The predicted octanol–water partition coefficient (Wildman–Crippen LogP) is 3.01. The summed E-state index contributed by atoms with van der Waals surface area (Å²) in [7, 11) is 0. The molecule has 0 spiro atoms. The van der Waals surface area contributed by atoms with Crippen LogP contribution in [0.25, 0.3) is 0 Å². The van der Waals surface area contributed by atoms with Crippen molar-refractivity contribution in [1.29, 1.82) is 5.26 Å². The molecule has 21 heavy (non-hydrogen) atoms. The molecule has 4 nitrogen and oxygen atoms in total. The first kappa shape index (κ1) is 14.5. The molecule has 0 atom stereocenters. The maximum atomic E-state index is 12.3. The van der Waals surface area contributed by atoms with E-state index in [9.17, 15) is 9.59 Å². The van der Waals surface area contributed by atoms with Crippen molar-refractivity contribution in [3.8, 4) is 6.19 Å². The van der Waals surface area contributed by atoms with Crippen LogP contribution in [0.5, 0.6) is 0 Å². The van der Waals surface area contributed by atoms with Gasteiger partial charge in [-0.05, 0) is 24.6 Å². The number of Topliss-reactive ketones (excluding diaryl/α,β-unsaturated/α-hetero) is 1. The number of benzene rings is 2. The van der Waals surface area contributed by atoms with Crippen LogP contribution in [0.1, 0.15) is 33.2 Å². The van der Waals surface area contributed by atoms with Gasteiger partial charge in [-0.2, -0.15) is 5.26 Å². The number of nitrogens with zero attached hydrogens (tertiary/aromatic N) is 2. The summed E-state index contributed by atoms with van der Waals surface area (Å²) in [5.41, 5.74) is 1.81. The fourth-order valence-corrected chi connectivity index (χ4v) is 1.92. The van der Waals surface area contributed by atoms with Crippen LogP contribution in [0.15, 0.2) is 54.6 Å². The van der Waals surface area contributed by atoms with Crippen molar-refractivity contribution in [1.82, 2.24) is 4.90 Å². The highest BCUT2D eigenvalue weighted by Crippen LogP contribution is 2.11. The van der Waals surface area contributed by atoms with Crippen molar-refractivity contribution in [3.63, 3.8) is 0 Å². The van der Waals surface area contributed by atoms with E-state index in [0.717, 1.165) is 10.5 Å². The van der Waals surface area contributed by atoms with Gasteiger partial charge in [-0.15, -0.1) is 0 Å². The summed E-state index contributed by atoms with van der Waals surface area (Å²) in [6.45, 7) is 1.69. The lowest BCUT2D eigenvalue weighted by atomic mass is 10.1. The minimum atomic E-state index is -0.378. The van der Waals surface area contributed by atoms with Crippen molar-refractivity contribution in [3.05, 3.63) is 71.3 Å². The molecule has 2 aromatic rings. The van der Waals surface area contributed by atoms with Gasteiger partial charge in [0.2, 0.25) is 0 Å². The van der Waals surface area contributed by atoms with E-state index in [4.69, 9.17) is 5.26 Å². The molecule has 0 bridgehead atoms. The highest BCUT2D eigenvalue weighted by molar-refractivity contribution is 5.98. The van der Waals surface area contributed by atoms with Crippen LogP contribution in [0.2, 0.25) is 0 Å². The van der Waals surface area contributed by atoms with E-state index in [2.05, 4.69) is 0 Å². The van der Waals surface area contributed by atoms with Crippen LogP contribution in [0, 0.1) is 11.5 Å². The second kappa shape index (κ2) is 6.49. The third kappa shape index (κ3) is 3.54. The maximum absolute atomic E-state index is 12.3. The molecule has 0 radical (unpaired) electrons. The summed E-state index contributed by atoms with van der Waals surface area (Å²) in [5.74, 6) is -0.438. The Labute approximate surface area is 123 Å². The molecule has 0 aliphatic carbocycles. The number of carbonyl (C=O) groups excluding carboxylic acids is 2. The molecule has 1 amide bonds. The predicted molar refractivity (Wildman–Crippen MR) is 78.4 cm³/mol. The largest absolute Gasteiger partial charge is 0.295 e. The fraction of sp³-hybridized carbons (Fsp3) is 0.118. The molecule has 0 aliphatic rings. The van der Waals surface area contributed by atoms with E-state index < -0.39 is 0 Å². The molecule has 2 aromatic carbocycles. The van der Waals surface area contributed by atoms with Crippen LogP contribution in [0.3, 0.4) is 0 Å². The zero-order valence-corrected chi connectivity index (χ0v) is 11.6. The third-order valence-electron chi connectivity index (χ3n) is 3.09. The second-order valence-corrected chi connectivity index (χ2v) is 4.61. The van der Waals surface area contributed by atoms with Crippen LogP contribution in [0.4, 0.5) is 0 Å². The minimum Gasteiger partial charge on any atom is -0.295 e. The van der Waals surface area contributed by atoms with Crippen molar-refractivity contribution >= 4 is 11.7 Å². The average molecular weight is 278 g/mol. The zero-order valence-electron chi connectivity index (χ0n) is 11.6. The summed E-state index contributed by atoms with van der Waals surface area (Å²) < 4.78 is 0. The Balaban J connectivity index is 2.17. The van der Waals surface area contributed by atoms with Crippen molar-refractivity contribution < 1.29 is 9.59 Å². The minimum absolute atomic E-state index is 0.0598. The Hall–Kier alpha value is -2.93. The van der Waals surface area contributed by atoms with Gasteiger partial charge in [0.05, 0.1) is 6.54 Å². The molecule has 0 unspecified atom stereocenters. The molecule has 0 fully saturated rings. The first-order chi connectivity index (χ1) is 10.1. The normalized spacial score (nSPS) is 9.71. The van der Waals surface area contributed by atoms with E-state index in [1.807, 2.05) is 36.5 Å². The van der Waals surface area contributed by atoms with E-state index >= 15 is 0 Å². The molecule has 0 heterocycles. The number of amides is 1. The smallest absolute Gasteiger partial charge is 0.267 e. The number of hydrogen-bond acceptors (Lipinski definition) is 3. The molecular formula is C17H14N2O2. The highest BCUT2D eigenvalue weighted by Gasteiger charge is 2.16. The van der Waals surface area contributed by atoms with Gasteiger partial charge in [0.25, 0.3) is 5.91 Å². The SMILES string of the molecule is CC(=O)c1ccc(C(=O)N(C#N)Cc2ccccc2)cc1. The van der Waals surface area contributed by atoms with E-state index in [1.165, 1.54) is 6.92 Å². The number of carbonyl (C=O) groups is 2. The number of nitriles is 1. The molecule has 0 aromatic heterocycles. The summed E-state index contributed by atoms with van der Waals surface area (Å²) in [5, 5.41) is 9.16. The van der Waals surface area contributed by atoms with Gasteiger partial charge in [-0.1, -0.05) is 42.5 Å². The van der Waals surface area contributed by atoms with Crippen LogP contribution in [-0.4, -0.2) is 16.6 Å². The van der Waals surface area contributed by atoms with E-state index in [1.54, 1.807) is 24.3 Å². The topological polar surface area (TPSA) is 61.2 Å². The lowest BCUT2D eigenvalue weighted by Crippen LogP contribution is -2.25. The summed E-state index contributed by atoms with van der Waals surface area (Å²) in [6, 6.07) is 15.6. The molecule has 0 N–H and O–H groups in total. The Kier molecular flexibility index (Phi) is 4.47. The molecule has 0 aliphatic heterocycles. The monoisotopic (exact) mass is 278 g/mol. The first-order valence-corrected chi connectivity index (χ1v) is 6.48. The number of ketones is 1. The van der Waals surface area contributed by atoms with Crippen molar-refractivity contribution in [2.45, 2.75) is 13.5 Å². The highest BCUT2D eigenvalue weighted by atomic mass is 16.2. The lowest BCUT2D eigenvalue weighted by Gasteiger charge is -2.14. The summed E-state index contributed by atoms with van der Waals surface area (Å²) in [4.78, 5) is 24.6. The van der Waals surface area contributed by atoms with E-state index in [-0.39, 0.29) is 18.2 Å². The van der Waals surface area contributed by atoms with Gasteiger partial charge in [-0.25, -0.2) is 4.90 Å². The quantitative estimate of drug-likeness (QED) is 0.490. The molecule has 104 valence electrons. The first-order valence-electron chi connectivity index (χ1n) is 6.48. The number of rotatable bonds is 4. The Bertz CT molecular complexity index is 685. The van der Waals surface area contributed by atoms with Gasteiger partial charge in [0.1, 0.15) is 0 Å².